The third kappa shape index (κ3) is 3.71. The van der Waals surface area contributed by atoms with Gasteiger partial charge in [0.2, 0.25) is 5.89 Å². The third-order valence-electron chi connectivity index (χ3n) is 7.75. The van der Waals surface area contributed by atoms with Crippen molar-refractivity contribution in [3.05, 3.63) is 121 Å². The number of fused-ring (bicyclic) bond motifs is 4. The van der Waals surface area contributed by atoms with Crippen LogP contribution in [0.2, 0.25) is 0 Å². The molecule has 0 saturated heterocycles. The lowest BCUT2D eigenvalue weighted by molar-refractivity contribution is 0.618. The van der Waals surface area contributed by atoms with Gasteiger partial charge in [-0.25, -0.2) is 4.98 Å². The molecule has 3 heteroatoms. The molecule has 0 aliphatic carbocycles. The van der Waals surface area contributed by atoms with E-state index >= 15 is 0 Å². The van der Waals surface area contributed by atoms with Crippen LogP contribution in [-0.4, -0.2) is 9.55 Å². The van der Waals surface area contributed by atoms with Gasteiger partial charge in [-0.05, 0) is 83.6 Å². The van der Waals surface area contributed by atoms with Crippen LogP contribution in [0.5, 0.6) is 0 Å². The average molecular weight is 493 g/mol. The number of hydrogen-bond donors (Lipinski definition) is 0. The second-order valence-corrected chi connectivity index (χ2v) is 10.1. The predicted octanol–water partition coefficient (Wildman–Crippen LogP) is 9.77. The van der Waals surface area contributed by atoms with Gasteiger partial charge in [0, 0.05) is 22.0 Å². The quantitative estimate of drug-likeness (QED) is 0.239. The van der Waals surface area contributed by atoms with Crippen LogP contribution in [-0.2, 0) is 0 Å². The van der Waals surface area contributed by atoms with Crippen LogP contribution in [0.3, 0.4) is 0 Å². The molecule has 7 rings (SSSR count). The molecule has 0 radical (unpaired) electrons. The van der Waals surface area contributed by atoms with E-state index in [1.165, 1.54) is 44.2 Å². The molecule has 7 aromatic rings. The molecule has 0 bridgehead atoms. The minimum atomic E-state index is 0.506. The topological polar surface area (TPSA) is 31.0 Å². The molecule has 0 amide bonds. The predicted molar refractivity (Wildman–Crippen MR) is 158 cm³/mol. The first-order chi connectivity index (χ1) is 18.7. The second-order valence-electron chi connectivity index (χ2n) is 10.1. The first-order valence-corrected chi connectivity index (χ1v) is 13.3. The van der Waals surface area contributed by atoms with Gasteiger partial charge in [-0.2, -0.15) is 0 Å². The highest BCUT2D eigenvalue weighted by Gasteiger charge is 2.14. The van der Waals surface area contributed by atoms with Gasteiger partial charge in [-0.15, -0.1) is 0 Å². The number of para-hydroxylation sites is 2. The molecule has 0 fully saturated rings. The lowest BCUT2D eigenvalue weighted by Crippen LogP contribution is -1.92. The maximum atomic E-state index is 6.17. The number of aromatic nitrogens is 2. The van der Waals surface area contributed by atoms with Crippen molar-refractivity contribution in [2.24, 2.45) is 0 Å². The van der Waals surface area contributed by atoms with Crippen molar-refractivity contribution < 1.29 is 4.42 Å². The Morgan fingerprint density at radius 3 is 2.21 bits per heavy atom. The molecular weight excluding hydrogens is 464 g/mol. The van der Waals surface area contributed by atoms with Crippen LogP contribution >= 0.6 is 0 Å². The minimum absolute atomic E-state index is 0.506. The molecule has 2 heterocycles. The lowest BCUT2D eigenvalue weighted by Gasteiger charge is -2.08. The van der Waals surface area contributed by atoms with Gasteiger partial charge in [-0.1, -0.05) is 74.5 Å². The fourth-order valence-corrected chi connectivity index (χ4v) is 5.42. The first-order valence-electron chi connectivity index (χ1n) is 13.3. The lowest BCUT2D eigenvalue weighted by atomic mass is 9.99. The summed E-state index contributed by atoms with van der Waals surface area (Å²) >= 11 is 0. The summed E-state index contributed by atoms with van der Waals surface area (Å²) in [6.45, 7) is 4.45. The van der Waals surface area contributed by atoms with E-state index in [0.29, 0.717) is 11.8 Å². The molecule has 0 N–H and O–H groups in total. The summed E-state index contributed by atoms with van der Waals surface area (Å²) in [6.07, 6.45) is 1.10. The summed E-state index contributed by atoms with van der Waals surface area (Å²) in [4.78, 5) is 4.75. The van der Waals surface area contributed by atoms with Gasteiger partial charge in [0.1, 0.15) is 5.52 Å². The van der Waals surface area contributed by atoms with E-state index in [0.717, 1.165) is 23.1 Å². The Morgan fingerprint density at radius 2 is 1.39 bits per heavy atom. The van der Waals surface area contributed by atoms with Crippen molar-refractivity contribution in [2.45, 2.75) is 26.2 Å². The van der Waals surface area contributed by atoms with E-state index in [1.807, 2.05) is 0 Å². The largest absolute Gasteiger partial charge is 0.436 e. The smallest absolute Gasteiger partial charge is 0.227 e. The summed E-state index contributed by atoms with van der Waals surface area (Å²) in [5.41, 5.74) is 9.98. The van der Waals surface area contributed by atoms with Crippen molar-refractivity contribution in [3.63, 3.8) is 0 Å². The maximum absolute atomic E-state index is 6.17. The van der Waals surface area contributed by atoms with Crippen molar-refractivity contribution in [2.75, 3.05) is 0 Å². The number of benzene rings is 5. The molecule has 184 valence electrons. The number of hydrogen-bond acceptors (Lipinski definition) is 2. The van der Waals surface area contributed by atoms with E-state index < -0.39 is 0 Å². The van der Waals surface area contributed by atoms with E-state index in [9.17, 15) is 0 Å². The molecular formula is C35H28N2O. The van der Waals surface area contributed by atoms with Crippen LogP contribution < -0.4 is 0 Å². The van der Waals surface area contributed by atoms with Crippen LogP contribution in [0.1, 0.15) is 31.7 Å². The Bertz CT molecular complexity index is 1910. The van der Waals surface area contributed by atoms with Gasteiger partial charge in [-0.3, -0.25) is 0 Å². The zero-order valence-corrected chi connectivity index (χ0v) is 21.6. The van der Waals surface area contributed by atoms with Crippen LogP contribution in [0.4, 0.5) is 0 Å². The molecule has 2 aromatic heterocycles. The average Bonchev–Trinajstić information content (AvgIpc) is 3.56. The van der Waals surface area contributed by atoms with Crippen LogP contribution in [0.25, 0.3) is 61.2 Å². The first kappa shape index (κ1) is 22.6. The highest BCUT2D eigenvalue weighted by molar-refractivity contribution is 6.10. The van der Waals surface area contributed by atoms with E-state index in [-0.39, 0.29) is 0 Å². The maximum Gasteiger partial charge on any atom is 0.227 e. The molecule has 1 unspecified atom stereocenters. The summed E-state index contributed by atoms with van der Waals surface area (Å²) in [6, 6.07) is 40.9. The highest BCUT2D eigenvalue weighted by Crippen LogP contribution is 2.35. The van der Waals surface area contributed by atoms with E-state index in [2.05, 4.69) is 134 Å². The number of nitrogens with zero attached hydrogens (tertiary/aromatic N) is 2. The van der Waals surface area contributed by atoms with Crippen molar-refractivity contribution >= 4 is 32.9 Å². The Hall–Kier alpha value is -4.63. The van der Waals surface area contributed by atoms with Gasteiger partial charge < -0.3 is 8.98 Å². The molecule has 0 spiro atoms. The Kier molecular flexibility index (Phi) is 5.36. The monoisotopic (exact) mass is 492 g/mol. The zero-order chi connectivity index (χ0) is 25.6. The number of rotatable bonds is 5. The summed E-state index contributed by atoms with van der Waals surface area (Å²) < 4.78 is 8.52. The van der Waals surface area contributed by atoms with Crippen molar-refractivity contribution in [3.8, 4) is 28.3 Å². The van der Waals surface area contributed by atoms with Crippen molar-refractivity contribution in [1.29, 1.82) is 0 Å². The Balaban J connectivity index is 1.27. The SMILES string of the molecule is CCC(C)c1ccc2nc(-c3ccc(-c4ccc5c(c4)c4ccccc4n5-c4ccccc4)cc3)oc2c1. The van der Waals surface area contributed by atoms with E-state index in [1.54, 1.807) is 0 Å². The molecule has 0 aliphatic heterocycles. The van der Waals surface area contributed by atoms with Crippen LogP contribution in [0, 0.1) is 0 Å². The van der Waals surface area contributed by atoms with Gasteiger partial charge in [0.05, 0.1) is 11.0 Å². The molecule has 38 heavy (non-hydrogen) atoms. The standard InChI is InChI=1S/C35H28N2O/c1-3-23(2)26-17-19-31-34(22-26)38-35(36-31)25-15-13-24(14-16-25)27-18-20-33-30(21-27)29-11-7-8-12-32(29)37(33)28-9-5-4-6-10-28/h4-23H,3H2,1-2H3. The molecule has 0 aliphatic rings. The Labute approximate surface area is 222 Å². The molecule has 1 atom stereocenters. The fraction of sp³-hybridized carbons (Fsp3) is 0.114. The fourth-order valence-electron chi connectivity index (χ4n) is 5.42. The van der Waals surface area contributed by atoms with Crippen LogP contribution in [0.15, 0.2) is 120 Å². The molecule has 5 aromatic carbocycles. The third-order valence-corrected chi connectivity index (χ3v) is 7.75. The summed E-state index contributed by atoms with van der Waals surface area (Å²) in [5.74, 6) is 1.17. The number of oxazole rings is 1. The second kappa shape index (κ2) is 9.04. The normalized spacial score (nSPS) is 12.5. The van der Waals surface area contributed by atoms with E-state index in [4.69, 9.17) is 9.40 Å². The zero-order valence-electron chi connectivity index (χ0n) is 21.6. The van der Waals surface area contributed by atoms with Gasteiger partial charge in [0.15, 0.2) is 5.58 Å². The highest BCUT2D eigenvalue weighted by atomic mass is 16.3. The van der Waals surface area contributed by atoms with Gasteiger partial charge >= 0.3 is 0 Å². The minimum Gasteiger partial charge on any atom is -0.436 e. The summed E-state index contributed by atoms with van der Waals surface area (Å²) in [7, 11) is 0. The van der Waals surface area contributed by atoms with Gasteiger partial charge in [0.25, 0.3) is 0 Å². The Morgan fingerprint density at radius 1 is 0.684 bits per heavy atom. The summed E-state index contributed by atoms with van der Waals surface area (Å²) in [5, 5.41) is 2.51. The van der Waals surface area contributed by atoms with Crippen molar-refractivity contribution in [1.82, 2.24) is 9.55 Å². The molecule has 0 saturated carbocycles. The molecule has 3 nitrogen and oxygen atoms in total.